The first-order valence-electron chi connectivity index (χ1n) is 4.76. The Morgan fingerprint density at radius 2 is 2.12 bits per heavy atom. The maximum atomic E-state index is 13.5. The molecule has 0 aliphatic carbocycles. The van der Waals surface area contributed by atoms with E-state index in [-0.39, 0.29) is 28.8 Å². The Hall–Kier alpha value is -0.970. The molecule has 16 heavy (non-hydrogen) atoms. The van der Waals surface area contributed by atoms with Crippen molar-refractivity contribution < 1.29 is 18.7 Å². The minimum atomic E-state index is -0.969. The van der Waals surface area contributed by atoms with Gasteiger partial charge in [0.15, 0.2) is 0 Å². The summed E-state index contributed by atoms with van der Waals surface area (Å²) in [6.45, 7) is 1.65. The van der Waals surface area contributed by atoms with E-state index in [1.807, 2.05) is 0 Å². The van der Waals surface area contributed by atoms with Crippen LogP contribution >= 0.6 is 15.9 Å². The van der Waals surface area contributed by atoms with Crippen LogP contribution in [0.15, 0.2) is 16.6 Å². The maximum absolute atomic E-state index is 13.5. The first kappa shape index (κ1) is 13.1. The SMILES string of the molecule is CC(CC(=O)O)Cc1c(F)ccc(Br)c1F. The molecule has 0 aliphatic rings. The molecule has 0 saturated carbocycles. The molecule has 0 saturated heterocycles. The first-order chi connectivity index (χ1) is 7.41. The molecule has 0 radical (unpaired) electrons. The summed E-state index contributed by atoms with van der Waals surface area (Å²) in [5.41, 5.74) is -0.0666. The lowest BCUT2D eigenvalue weighted by Crippen LogP contribution is -2.09. The molecular weight excluding hydrogens is 282 g/mol. The molecule has 1 aromatic rings. The van der Waals surface area contributed by atoms with Crippen LogP contribution in [0.25, 0.3) is 0 Å². The van der Waals surface area contributed by atoms with Crippen molar-refractivity contribution in [3.63, 3.8) is 0 Å². The Morgan fingerprint density at radius 1 is 1.50 bits per heavy atom. The van der Waals surface area contributed by atoms with Gasteiger partial charge in [-0.1, -0.05) is 6.92 Å². The molecule has 0 aliphatic heterocycles. The Morgan fingerprint density at radius 3 is 2.69 bits per heavy atom. The number of aliphatic carboxylic acids is 1. The van der Waals surface area contributed by atoms with Gasteiger partial charge in [-0.2, -0.15) is 0 Å². The van der Waals surface area contributed by atoms with Crippen LogP contribution in [-0.4, -0.2) is 11.1 Å². The van der Waals surface area contributed by atoms with E-state index in [1.54, 1.807) is 6.92 Å². The van der Waals surface area contributed by atoms with Gasteiger partial charge in [0.1, 0.15) is 11.6 Å². The summed E-state index contributed by atoms with van der Waals surface area (Å²) < 4.78 is 27.0. The van der Waals surface area contributed by atoms with Crippen LogP contribution in [0.4, 0.5) is 8.78 Å². The molecule has 0 heterocycles. The minimum absolute atomic E-state index is 0.0666. The molecule has 1 rings (SSSR count). The molecule has 1 N–H and O–H groups in total. The Balaban J connectivity index is 2.88. The van der Waals surface area contributed by atoms with Crippen LogP contribution in [-0.2, 0) is 11.2 Å². The second-order valence-corrected chi connectivity index (χ2v) is 4.58. The average molecular weight is 293 g/mol. The summed E-state index contributed by atoms with van der Waals surface area (Å²) in [7, 11) is 0. The fraction of sp³-hybridized carbons (Fsp3) is 0.364. The first-order valence-corrected chi connectivity index (χ1v) is 5.55. The summed E-state index contributed by atoms with van der Waals surface area (Å²) in [5.74, 6) is -2.57. The van der Waals surface area contributed by atoms with E-state index in [1.165, 1.54) is 6.07 Å². The fourth-order valence-corrected chi connectivity index (χ4v) is 1.85. The molecular formula is C11H11BrF2O2. The Bertz CT molecular complexity index is 407. The maximum Gasteiger partial charge on any atom is 0.303 e. The van der Waals surface area contributed by atoms with Crippen molar-refractivity contribution in [1.29, 1.82) is 0 Å². The van der Waals surface area contributed by atoms with Crippen LogP contribution in [0.3, 0.4) is 0 Å². The molecule has 1 atom stereocenters. The third kappa shape index (κ3) is 3.27. The molecule has 5 heteroatoms. The van der Waals surface area contributed by atoms with Crippen molar-refractivity contribution in [2.24, 2.45) is 5.92 Å². The van der Waals surface area contributed by atoms with Gasteiger partial charge >= 0.3 is 5.97 Å². The van der Waals surface area contributed by atoms with E-state index in [4.69, 9.17) is 5.11 Å². The molecule has 0 spiro atoms. The van der Waals surface area contributed by atoms with Crippen molar-refractivity contribution >= 4 is 21.9 Å². The van der Waals surface area contributed by atoms with Crippen molar-refractivity contribution in [3.05, 3.63) is 33.8 Å². The van der Waals surface area contributed by atoms with Crippen LogP contribution in [0.1, 0.15) is 18.9 Å². The molecule has 0 fully saturated rings. The van der Waals surface area contributed by atoms with Gasteiger partial charge in [-0.25, -0.2) is 8.78 Å². The van der Waals surface area contributed by atoms with Crippen LogP contribution in [0.2, 0.25) is 0 Å². The number of hydrogen-bond acceptors (Lipinski definition) is 1. The van der Waals surface area contributed by atoms with Gasteiger partial charge in [0.25, 0.3) is 0 Å². The molecule has 0 amide bonds. The lowest BCUT2D eigenvalue weighted by molar-refractivity contribution is -0.137. The van der Waals surface area contributed by atoms with Gasteiger partial charge in [0, 0.05) is 12.0 Å². The average Bonchev–Trinajstić information content (AvgIpc) is 2.17. The number of benzene rings is 1. The number of hydrogen-bond donors (Lipinski definition) is 1. The third-order valence-corrected chi connectivity index (χ3v) is 2.83. The van der Waals surface area contributed by atoms with E-state index in [0.29, 0.717) is 0 Å². The number of carbonyl (C=O) groups is 1. The van der Waals surface area contributed by atoms with Crippen LogP contribution in [0.5, 0.6) is 0 Å². The van der Waals surface area contributed by atoms with E-state index in [2.05, 4.69) is 15.9 Å². The summed E-state index contributed by atoms with van der Waals surface area (Å²) >= 11 is 2.96. The highest BCUT2D eigenvalue weighted by molar-refractivity contribution is 9.10. The molecule has 0 bridgehead atoms. The zero-order valence-electron chi connectivity index (χ0n) is 8.64. The van der Waals surface area contributed by atoms with Gasteiger partial charge in [-0.3, -0.25) is 4.79 Å². The van der Waals surface area contributed by atoms with E-state index in [0.717, 1.165) is 6.07 Å². The summed E-state index contributed by atoms with van der Waals surface area (Å²) in [6.07, 6.45) is -0.0329. The van der Waals surface area contributed by atoms with Crippen LogP contribution < -0.4 is 0 Å². The number of carboxylic acids is 1. The van der Waals surface area contributed by atoms with E-state index < -0.39 is 17.6 Å². The summed E-state index contributed by atoms with van der Waals surface area (Å²) in [4.78, 5) is 10.4. The second kappa shape index (κ2) is 5.39. The third-order valence-electron chi connectivity index (χ3n) is 2.21. The monoisotopic (exact) mass is 292 g/mol. The largest absolute Gasteiger partial charge is 0.481 e. The molecule has 1 aromatic carbocycles. The standard InChI is InChI=1S/C11H11BrF2O2/c1-6(5-10(15)16)4-7-9(13)3-2-8(12)11(7)14/h2-3,6H,4-5H2,1H3,(H,15,16). The topological polar surface area (TPSA) is 37.3 Å². The highest BCUT2D eigenvalue weighted by Crippen LogP contribution is 2.24. The zero-order valence-corrected chi connectivity index (χ0v) is 10.2. The second-order valence-electron chi connectivity index (χ2n) is 3.73. The normalized spacial score (nSPS) is 12.5. The summed E-state index contributed by atoms with van der Waals surface area (Å²) in [5, 5.41) is 8.56. The minimum Gasteiger partial charge on any atom is -0.481 e. The Kier molecular flexibility index (Phi) is 4.41. The molecule has 2 nitrogen and oxygen atoms in total. The predicted octanol–water partition coefficient (Wildman–Crippen LogP) is 3.38. The quantitative estimate of drug-likeness (QED) is 0.864. The number of halogens is 3. The van der Waals surface area contributed by atoms with E-state index in [9.17, 15) is 13.6 Å². The number of rotatable bonds is 4. The van der Waals surface area contributed by atoms with Gasteiger partial charge < -0.3 is 5.11 Å². The molecule has 0 aromatic heterocycles. The lowest BCUT2D eigenvalue weighted by Gasteiger charge is -2.11. The van der Waals surface area contributed by atoms with Gasteiger partial charge in [0.2, 0.25) is 0 Å². The van der Waals surface area contributed by atoms with E-state index >= 15 is 0 Å². The van der Waals surface area contributed by atoms with Crippen molar-refractivity contribution in [2.75, 3.05) is 0 Å². The smallest absolute Gasteiger partial charge is 0.303 e. The van der Waals surface area contributed by atoms with Gasteiger partial charge in [0.05, 0.1) is 4.47 Å². The van der Waals surface area contributed by atoms with Crippen molar-refractivity contribution in [2.45, 2.75) is 19.8 Å². The number of carboxylic acid groups (broad SMARTS) is 1. The Labute approximate surface area is 100 Å². The zero-order chi connectivity index (χ0) is 12.3. The molecule has 88 valence electrons. The fourth-order valence-electron chi connectivity index (χ4n) is 1.47. The highest BCUT2D eigenvalue weighted by atomic mass is 79.9. The molecule has 1 unspecified atom stereocenters. The highest BCUT2D eigenvalue weighted by Gasteiger charge is 2.16. The summed E-state index contributed by atoms with van der Waals surface area (Å²) in [6, 6.07) is 2.45. The van der Waals surface area contributed by atoms with Crippen molar-refractivity contribution in [3.8, 4) is 0 Å². The predicted molar refractivity (Wildman–Crippen MR) is 59.2 cm³/mol. The van der Waals surface area contributed by atoms with Crippen LogP contribution in [0, 0.1) is 17.6 Å². The lowest BCUT2D eigenvalue weighted by atomic mass is 9.97. The van der Waals surface area contributed by atoms with Crippen molar-refractivity contribution in [1.82, 2.24) is 0 Å². The van der Waals surface area contributed by atoms with Gasteiger partial charge in [-0.05, 0) is 40.4 Å². The van der Waals surface area contributed by atoms with Gasteiger partial charge in [-0.15, -0.1) is 0 Å².